The van der Waals surface area contributed by atoms with Crippen molar-refractivity contribution in [1.29, 1.82) is 0 Å². The Hall–Kier alpha value is -1.34. The topological polar surface area (TPSA) is 3.24 Å². The summed E-state index contributed by atoms with van der Waals surface area (Å²) in [5.74, 6) is 0. The number of unbranched alkanes of at least 4 members (excludes halogenated alkanes) is 1. The summed E-state index contributed by atoms with van der Waals surface area (Å²) in [6.45, 7) is 4.95. The van der Waals surface area contributed by atoms with Crippen molar-refractivity contribution in [2.75, 3.05) is 0 Å². The summed E-state index contributed by atoms with van der Waals surface area (Å²) in [5.41, 5.74) is 3.16. The van der Waals surface area contributed by atoms with Gasteiger partial charge in [0.2, 0.25) is 0 Å². The number of rotatable bonds is 6. The van der Waals surface area contributed by atoms with Gasteiger partial charge >= 0.3 is 0 Å². The molecule has 2 aliphatic rings. The third kappa shape index (κ3) is 3.65. The van der Waals surface area contributed by atoms with E-state index in [-0.39, 0.29) is 0 Å². The minimum absolute atomic E-state index is 0.677. The zero-order valence-electron chi connectivity index (χ0n) is 13.0. The molecule has 3 rings (SSSR count). The van der Waals surface area contributed by atoms with Gasteiger partial charge in [-0.15, -0.1) is 6.58 Å². The molecular weight excluding hydrogens is 254 g/mol. The van der Waals surface area contributed by atoms with E-state index in [4.69, 9.17) is 0 Å². The van der Waals surface area contributed by atoms with Gasteiger partial charge in [0.1, 0.15) is 0 Å². The van der Waals surface area contributed by atoms with E-state index in [0.29, 0.717) is 6.04 Å². The van der Waals surface area contributed by atoms with Crippen LogP contribution in [0.4, 0.5) is 0 Å². The number of piperidine rings is 1. The predicted octanol–water partition coefficient (Wildman–Crippen LogP) is 5.10. The van der Waals surface area contributed by atoms with Gasteiger partial charge in [-0.25, -0.2) is 0 Å². The van der Waals surface area contributed by atoms with Crippen LogP contribution >= 0.6 is 0 Å². The lowest BCUT2D eigenvalue weighted by molar-refractivity contribution is 0.0876. The number of fused-ring (bicyclic) bond motifs is 2. The minimum atomic E-state index is 0.677. The Morgan fingerprint density at radius 3 is 2.81 bits per heavy atom. The summed E-state index contributed by atoms with van der Waals surface area (Å²) >= 11 is 0. The molecule has 2 unspecified atom stereocenters. The van der Waals surface area contributed by atoms with Gasteiger partial charge in [-0.1, -0.05) is 54.5 Å². The van der Waals surface area contributed by atoms with Crippen LogP contribution in [0.3, 0.4) is 0 Å². The van der Waals surface area contributed by atoms with Crippen LogP contribution in [0, 0.1) is 0 Å². The molecule has 2 aliphatic heterocycles. The summed E-state index contributed by atoms with van der Waals surface area (Å²) in [5, 5.41) is 0. The monoisotopic (exact) mass is 281 g/mol. The van der Waals surface area contributed by atoms with Crippen molar-refractivity contribution in [2.45, 2.75) is 63.6 Å². The van der Waals surface area contributed by atoms with Gasteiger partial charge in [0.15, 0.2) is 0 Å². The maximum absolute atomic E-state index is 3.83. The van der Waals surface area contributed by atoms with Crippen LogP contribution < -0.4 is 0 Å². The first-order chi connectivity index (χ1) is 10.4. The Morgan fingerprint density at radius 2 is 2.05 bits per heavy atom. The Kier molecular flexibility index (Phi) is 4.92. The second-order valence-electron chi connectivity index (χ2n) is 6.52. The molecule has 0 saturated carbocycles. The summed E-state index contributed by atoms with van der Waals surface area (Å²) in [6.07, 6.45) is 13.7. The highest BCUT2D eigenvalue weighted by Gasteiger charge is 2.33. The normalized spacial score (nSPS) is 25.4. The van der Waals surface area contributed by atoms with E-state index in [0.717, 1.165) is 19.0 Å². The molecule has 1 aromatic carbocycles. The fraction of sp³-hybridized carbons (Fsp3) is 0.500. The second-order valence-corrected chi connectivity index (χ2v) is 6.52. The Labute approximate surface area is 129 Å². The molecule has 2 heterocycles. The zero-order valence-corrected chi connectivity index (χ0v) is 13.0. The van der Waals surface area contributed by atoms with Crippen LogP contribution in [0.25, 0.3) is 0 Å². The van der Waals surface area contributed by atoms with Gasteiger partial charge in [-0.3, -0.25) is 4.90 Å². The largest absolute Gasteiger partial charge is 0.289 e. The van der Waals surface area contributed by atoms with E-state index in [1.807, 2.05) is 6.08 Å². The minimum Gasteiger partial charge on any atom is -0.289 e. The van der Waals surface area contributed by atoms with Crippen LogP contribution in [-0.2, 0) is 6.54 Å². The lowest BCUT2D eigenvalue weighted by atomic mass is 9.83. The van der Waals surface area contributed by atoms with Gasteiger partial charge in [-0.05, 0) is 44.1 Å². The van der Waals surface area contributed by atoms with E-state index >= 15 is 0 Å². The van der Waals surface area contributed by atoms with Crippen LogP contribution in [0.15, 0.2) is 54.6 Å². The number of allylic oxidation sites excluding steroid dienone is 1. The van der Waals surface area contributed by atoms with Gasteiger partial charge in [0.25, 0.3) is 0 Å². The van der Waals surface area contributed by atoms with Crippen molar-refractivity contribution < 1.29 is 0 Å². The molecule has 0 aliphatic carbocycles. The summed E-state index contributed by atoms with van der Waals surface area (Å²) < 4.78 is 0. The molecule has 21 heavy (non-hydrogen) atoms. The highest BCUT2D eigenvalue weighted by atomic mass is 15.2. The van der Waals surface area contributed by atoms with Crippen molar-refractivity contribution in [3.8, 4) is 0 Å². The molecule has 0 amide bonds. The maximum Gasteiger partial charge on any atom is 0.0287 e. The first kappa shape index (κ1) is 14.6. The fourth-order valence-corrected chi connectivity index (χ4v) is 3.91. The predicted molar refractivity (Wildman–Crippen MR) is 90.2 cm³/mol. The van der Waals surface area contributed by atoms with Crippen LogP contribution in [0.2, 0.25) is 0 Å². The first-order valence-corrected chi connectivity index (χ1v) is 8.47. The molecule has 1 aromatic rings. The Morgan fingerprint density at radius 1 is 1.19 bits per heavy atom. The molecule has 1 saturated heterocycles. The smallest absolute Gasteiger partial charge is 0.0287 e. The quantitative estimate of drug-likeness (QED) is 0.518. The average molecular weight is 281 g/mol. The van der Waals surface area contributed by atoms with Crippen molar-refractivity contribution in [1.82, 2.24) is 4.90 Å². The summed E-state index contributed by atoms with van der Waals surface area (Å²) in [4.78, 5) is 2.75. The molecule has 0 N–H and O–H groups in total. The van der Waals surface area contributed by atoms with E-state index in [1.165, 1.54) is 44.1 Å². The standard InChI is InChI=1S/C20H27N/c1-2-3-5-11-18-14-19-12-8-13-20(15-18)21(19)16-17-9-6-4-7-10-17/h2,4,6-7,9-10,14,19-20H,1,3,5,8,11-13,15-16H2. The van der Waals surface area contributed by atoms with Crippen molar-refractivity contribution >= 4 is 0 Å². The molecule has 112 valence electrons. The van der Waals surface area contributed by atoms with E-state index in [2.05, 4.69) is 47.9 Å². The molecule has 2 bridgehead atoms. The molecule has 0 aromatic heterocycles. The van der Waals surface area contributed by atoms with Crippen LogP contribution in [-0.4, -0.2) is 17.0 Å². The Balaban J connectivity index is 1.67. The number of hydrogen-bond donors (Lipinski definition) is 0. The van der Waals surface area contributed by atoms with Gasteiger partial charge < -0.3 is 0 Å². The average Bonchev–Trinajstić information content (AvgIpc) is 2.49. The Bertz CT molecular complexity index is 488. The molecule has 1 heteroatoms. The third-order valence-corrected chi connectivity index (χ3v) is 4.97. The number of hydrogen-bond acceptors (Lipinski definition) is 1. The number of benzene rings is 1. The summed E-state index contributed by atoms with van der Waals surface area (Å²) in [7, 11) is 0. The highest BCUT2D eigenvalue weighted by molar-refractivity contribution is 5.20. The van der Waals surface area contributed by atoms with E-state index in [9.17, 15) is 0 Å². The second kappa shape index (κ2) is 7.09. The molecular formula is C20H27N. The van der Waals surface area contributed by atoms with Gasteiger partial charge in [0.05, 0.1) is 0 Å². The highest BCUT2D eigenvalue weighted by Crippen LogP contribution is 2.35. The third-order valence-electron chi connectivity index (χ3n) is 4.97. The first-order valence-electron chi connectivity index (χ1n) is 8.47. The lowest BCUT2D eigenvalue weighted by Gasteiger charge is -2.45. The van der Waals surface area contributed by atoms with Crippen LogP contribution in [0.5, 0.6) is 0 Å². The zero-order chi connectivity index (χ0) is 14.5. The molecule has 1 nitrogen and oxygen atoms in total. The van der Waals surface area contributed by atoms with Crippen molar-refractivity contribution in [3.05, 3.63) is 60.2 Å². The molecule has 0 radical (unpaired) electrons. The SMILES string of the molecule is C=CCCCC1=CC2CCCC(C1)N2Cc1ccccc1. The lowest BCUT2D eigenvalue weighted by Crippen LogP contribution is -2.47. The van der Waals surface area contributed by atoms with Crippen molar-refractivity contribution in [3.63, 3.8) is 0 Å². The van der Waals surface area contributed by atoms with Crippen LogP contribution in [0.1, 0.15) is 50.5 Å². The fourth-order valence-electron chi connectivity index (χ4n) is 3.91. The summed E-state index contributed by atoms with van der Waals surface area (Å²) in [6, 6.07) is 12.4. The molecule has 0 spiro atoms. The molecule has 1 fully saturated rings. The van der Waals surface area contributed by atoms with Gasteiger partial charge in [-0.2, -0.15) is 0 Å². The maximum atomic E-state index is 3.83. The van der Waals surface area contributed by atoms with E-state index < -0.39 is 0 Å². The van der Waals surface area contributed by atoms with Gasteiger partial charge in [0, 0.05) is 18.6 Å². The van der Waals surface area contributed by atoms with E-state index in [1.54, 1.807) is 5.57 Å². The number of nitrogens with zero attached hydrogens (tertiary/aromatic N) is 1. The molecule has 2 atom stereocenters. The van der Waals surface area contributed by atoms with Crippen molar-refractivity contribution in [2.24, 2.45) is 0 Å².